The first-order chi connectivity index (χ1) is 10.2. The summed E-state index contributed by atoms with van der Waals surface area (Å²) in [6.07, 6.45) is 4.80. The van der Waals surface area contributed by atoms with Gasteiger partial charge in [0.25, 0.3) is 5.91 Å². The van der Waals surface area contributed by atoms with Gasteiger partial charge in [-0.3, -0.25) is 4.79 Å². The number of carbonyl (C=O) groups is 1. The Morgan fingerprint density at radius 3 is 2.86 bits per heavy atom. The zero-order valence-electron chi connectivity index (χ0n) is 12.6. The normalized spacial score (nSPS) is 22.1. The summed E-state index contributed by atoms with van der Waals surface area (Å²) < 4.78 is 1.02. The minimum absolute atomic E-state index is 0.210. The lowest BCUT2D eigenvalue weighted by Crippen LogP contribution is -2.42. The fourth-order valence-electron chi connectivity index (χ4n) is 3.14. The van der Waals surface area contributed by atoms with Gasteiger partial charge in [0.05, 0.1) is 0 Å². The first kappa shape index (κ1) is 15.0. The molecule has 0 aromatic heterocycles. The third kappa shape index (κ3) is 3.49. The topological polar surface area (TPSA) is 32.3 Å². The summed E-state index contributed by atoms with van der Waals surface area (Å²) in [7, 11) is 0. The lowest BCUT2D eigenvalue weighted by Gasteiger charge is -2.31. The minimum atomic E-state index is 0.210. The Labute approximate surface area is 135 Å². The molecule has 21 heavy (non-hydrogen) atoms. The second kappa shape index (κ2) is 6.49. The van der Waals surface area contributed by atoms with Crippen molar-refractivity contribution in [1.82, 2.24) is 10.2 Å². The molecule has 1 aromatic rings. The number of rotatable bonds is 4. The Balaban J connectivity index is 1.76. The number of nitrogens with zero attached hydrogens (tertiary/aromatic N) is 1. The molecular weight excluding hydrogens is 328 g/mol. The molecule has 1 aliphatic heterocycles. The molecule has 1 N–H and O–H groups in total. The molecule has 2 fully saturated rings. The van der Waals surface area contributed by atoms with Gasteiger partial charge in [-0.15, -0.1) is 0 Å². The van der Waals surface area contributed by atoms with Crippen LogP contribution in [-0.2, 0) is 0 Å². The van der Waals surface area contributed by atoms with Gasteiger partial charge in [0.1, 0.15) is 0 Å². The molecule has 3 nitrogen and oxygen atoms in total. The number of hydrogen-bond donors (Lipinski definition) is 1. The Morgan fingerprint density at radius 1 is 1.38 bits per heavy atom. The van der Waals surface area contributed by atoms with Gasteiger partial charge < -0.3 is 10.2 Å². The number of amides is 1. The highest BCUT2D eigenvalue weighted by molar-refractivity contribution is 9.10. The van der Waals surface area contributed by atoms with Gasteiger partial charge in [0, 0.05) is 22.6 Å². The van der Waals surface area contributed by atoms with Gasteiger partial charge in [-0.05, 0) is 69.3 Å². The highest BCUT2D eigenvalue weighted by Crippen LogP contribution is 2.31. The molecule has 2 aliphatic rings. The van der Waals surface area contributed by atoms with E-state index in [1.54, 1.807) is 0 Å². The fourth-order valence-corrected chi connectivity index (χ4v) is 3.50. The zero-order chi connectivity index (χ0) is 14.8. The molecule has 1 amide bonds. The highest BCUT2D eigenvalue weighted by atomic mass is 79.9. The summed E-state index contributed by atoms with van der Waals surface area (Å²) in [6.45, 7) is 5.10. The zero-order valence-corrected chi connectivity index (χ0v) is 14.2. The molecule has 0 spiro atoms. The van der Waals surface area contributed by atoms with E-state index >= 15 is 0 Å². The van der Waals surface area contributed by atoms with Gasteiger partial charge in [-0.25, -0.2) is 0 Å². The van der Waals surface area contributed by atoms with Crippen LogP contribution in [0.5, 0.6) is 0 Å². The molecule has 4 heteroatoms. The predicted molar refractivity (Wildman–Crippen MR) is 88.5 cm³/mol. The number of nitrogens with one attached hydrogen (secondary N) is 1. The molecule has 0 bridgehead atoms. The van der Waals surface area contributed by atoms with Crippen LogP contribution in [-0.4, -0.2) is 36.5 Å². The molecule has 1 saturated heterocycles. The summed E-state index contributed by atoms with van der Waals surface area (Å²) in [5.74, 6) is 0.817. The van der Waals surface area contributed by atoms with E-state index in [2.05, 4.69) is 26.1 Å². The van der Waals surface area contributed by atoms with E-state index in [1.807, 2.05) is 25.1 Å². The van der Waals surface area contributed by atoms with Crippen molar-refractivity contribution in [2.24, 2.45) is 5.92 Å². The van der Waals surface area contributed by atoms with E-state index in [0.717, 1.165) is 35.2 Å². The maximum absolute atomic E-state index is 13.0. The molecule has 3 rings (SSSR count). The van der Waals surface area contributed by atoms with Crippen molar-refractivity contribution in [3.8, 4) is 0 Å². The number of hydrogen-bond acceptors (Lipinski definition) is 2. The molecule has 114 valence electrons. The summed E-state index contributed by atoms with van der Waals surface area (Å²) in [6, 6.07) is 6.38. The lowest BCUT2D eigenvalue weighted by molar-refractivity contribution is 0.0703. The summed E-state index contributed by atoms with van der Waals surface area (Å²) >= 11 is 3.53. The maximum Gasteiger partial charge on any atom is 0.254 e. The maximum atomic E-state index is 13.0. The van der Waals surface area contributed by atoms with Crippen molar-refractivity contribution in [1.29, 1.82) is 0 Å². The van der Waals surface area contributed by atoms with Crippen molar-refractivity contribution in [3.63, 3.8) is 0 Å². The van der Waals surface area contributed by atoms with Crippen molar-refractivity contribution in [3.05, 3.63) is 33.8 Å². The van der Waals surface area contributed by atoms with Crippen LogP contribution in [0.3, 0.4) is 0 Å². The number of benzene rings is 1. The van der Waals surface area contributed by atoms with Crippen LogP contribution < -0.4 is 5.32 Å². The molecule has 0 radical (unpaired) electrons. The standard InChI is InChI=1S/C17H23BrN2O/c1-12-15(5-2-6-16(12)18)17(21)20(14-7-8-14)11-13-4-3-9-19-10-13/h2,5-6,13-14,19H,3-4,7-11H2,1H3. The van der Waals surface area contributed by atoms with Gasteiger partial charge in [-0.1, -0.05) is 22.0 Å². The largest absolute Gasteiger partial charge is 0.335 e. The number of piperidine rings is 1. The van der Waals surface area contributed by atoms with E-state index in [4.69, 9.17) is 0 Å². The second-order valence-corrected chi connectivity index (χ2v) is 7.17. The highest BCUT2D eigenvalue weighted by Gasteiger charge is 2.35. The van der Waals surface area contributed by atoms with Crippen LogP contribution >= 0.6 is 15.9 Å². The Kier molecular flexibility index (Phi) is 4.65. The molecular formula is C17H23BrN2O. The Morgan fingerprint density at radius 2 is 2.19 bits per heavy atom. The average Bonchev–Trinajstić information content (AvgIpc) is 3.33. The first-order valence-corrected chi connectivity index (χ1v) is 8.73. The van der Waals surface area contributed by atoms with Crippen LogP contribution in [0, 0.1) is 12.8 Å². The van der Waals surface area contributed by atoms with Crippen molar-refractivity contribution < 1.29 is 4.79 Å². The van der Waals surface area contributed by atoms with E-state index in [9.17, 15) is 4.79 Å². The van der Waals surface area contributed by atoms with E-state index in [0.29, 0.717) is 12.0 Å². The molecule has 1 heterocycles. The third-order valence-corrected chi connectivity index (χ3v) is 5.46. The van der Waals surface area contributed by atoms with Crippen LogP contribution in [0.15, 0.2) is 22.7 Å². The lowest BCUT2D eigenvalue weighted by atomic mass is 9.98. The first-order valence-electron chi connectivity index (χ1n) is 7.93. The number of carbonyl (C=O) groups excluding carboxylic acids is 1. The third-order valence-electron chi connectivity index (χ3n) is 4.60. The van der Waals surface area contributed by atoms with Gasteiger partial charge in [0.15, 0.2) is 0 Å². The van der Waals surface area contributed by atoms with Gasteiger partial charge in [0.2, 0.25) is 0 Å². The predicted octanol–water partition coefficient (Wildman–Crippen LogP) is 3.36. The van der Waals surface area contributed by atoms with E-state index < -0.39 is 0 Å². The van der Waals surface area contributed by atoms with Crippen LogP contribution in [0.2, 0.25) is 0 Å². The van der Waals surface area contributed by atoms with Gasteiger partial charge in [-0.2, -0.15) is 0 Å². The van der Waals surface area contributed by atoms with Crippen LogP contribution in [0.4, 0.5) is 0 Å². The van der Waals surface area contributed by atoms with E-state index in [1.165, 1.54) is 25.7 Å². The molecule has 1 unspecified atom stereocenters. The van der Waals surface area contributed by atoms with Crippen molar-refractivity contribution in [2.75, 3.05) is 19.6 Å². The second-order valence-electron chi connectivity index (χ2n) is 6.31. The van der Waals surface area contributed by atoms with Crippen LogP contribution in [0.1, 0.15) is 41.6 Å². The fraction of sp³-hybridized carbons (Fsp3) is 0.588. The monoisotopic (exact) mass is 350 g/mol. The van der Waals surface area contributed by atoms with Gasteiger partial charge >= 0.3 is 0 Å². The Bertz CT molecular complexity index is 522. The molecule has 1 aliphatic carbocycles. The molecule has 1 atom stereocenters. The SMILES string of the molecule is Cc1c(Br)cccc1C(=O)N(CC1CCCNC1)C1CC1. The summed E-state index contributed by atoms with van der Waals surface area (Å²) in [5, 5.41) is 3.45. The molecule has 1 saturated carbocycles. The van der Waals surface area contributed by atoms with Crippen molar-refractivity contribution >= 4 is 21.8 Å². The minimum Gasteiger partial charge on any atom is -0.335 e. The quantitative estimate of drug-likeness (QED) is 0.902. The average molecular weight is 351 g/mol. The summed E-state index contributed by atoms with van der Waals surface area (Å²) in [4.78, 5) is 15.1. The van der Waals surface area contributed by atoms with Crippen LogP contribution in [0.25, 0.3) is 0 Å². The Hall–Kier alpha value is -0.870. The summed E-state index contributed by atoms with van der Waals surface area (Å²) in [5.41, 5.74) is 1.90. The van der Waals surface area contributed by atoms with Crippen molar-refractivity contribution in [2.45, 2.75) is 38.6 Å². The molecule has 1 aromatic carbocycles. The smallest absolute Gasteiger partial charge is 0.254 e. The number of halogens is 1. The van der Waals surface area contributed by atoms with E-state index in [-0.39, 0.29) is 5.91 Å².